The van der Waals surface area contributed by atoms with E-state index in [0.29, 0.717) is 6.54 Å². The van der Waals surface area contributed by atoms with Gasteiger partial charge in [0.05, 0.1) is 5.41 Å². The van der Waals surface area contributed by atoms with Crippen LogP contribution >= 0.6 is 35.0 Å². The first-order chi connectivity index (χ1) is 7.36. The number of halogens is 2. The summed E-state index contributed by atoms with van der Waals surface area (Å²) in [5.41, 5.74) is 6.95. The molecule has 1 aromatic rings. The molecule has 96 valence electrons. The van der Waals surface area contributed by atoms with Gasteiger partial charge in [0.2, 0.25) is 5.91 Å². The van der Waals surface area contributed by atoms with Gasteiger partial charge in [-0.1, -0.05) is 0 Å². The summed E-state index contributed by atoms with van der Waals surface area (Å²) < 4.78 is 1.16. The van der Waals surface area contributed by atoms with Gasteiger partial charge < -0.3 is 11.1 Å². The summed E-state index contributed by atoms with van der Waals surface area (Å²) in [6.07, 6.45) is 0. The fourth-order valence-corrected chi connectivity index (χ4v) is 1.80. The van der Waals surface area contributed by atoms with Gasteiger partial charge in [-0.2, -0.15) is 0 Å². The second kappa shape index (κ2) is 6.56. The van der Waals surface area contributed by atoms with Crippen molar-refractivity contribution in [2.45, 2.75) is 20.8 Å². The fourth-order valence-electron chi connectivity index (χ4n) is 1.15. The highest BCUT2D eigenvalue weighted by atomic mass is 127. The number of anilines is 1. The molecule has 3 nitrogen and oxygen atoms in total. The molecule has 0 fully saturated rings. The molecular formula is C12H18ClIN2O. The van der Waals surface area contributed by atoms with Gasteiger partial charge in [-0.15, -0.1) is 12.4 Å². The van der Waals surface area contributed by atoms with Gasteiger partial charge in [0.15, 0.2) is 0 Å². The molecule has 0 radical (unpaired) electrons. The summed E-state index contributed by atoms with van der Waals surface area (Å²) >= 11 is 2.25. The van der Waals surface area contributed by atoms with Crippen LogP contribution in [0.1, 0.15) is 19.4 Å². The topological polar surface area (TPSA) is 55.1 Å². The fraction of sp³-hybridized carbons (Fsp3) is 0.417. The van der Waals surface area contributed by atoms with Crippen LogP contribution in [0.15, 0.2) is 18.2 Å². The van der Waals surface area contributed by atoms with Gasteiger partial charge in [-0.3, -0.25) is 4.79 Å². The number of aryl methyl sites for hydroxylation is 1. The minimum Gasteiger partial charge on any atom is -0.329 e. The zero-order chi connectivity index (χ0) is 12.3. The van der Waals surface area contributed by atoms with Gasteiger partial charge in [-0.25, -0.2) is 0 Å². The minimum absolute atomic E-state index is 0. The lowest BCUT2D eigenvalue weighted by molar-refractivity contribution is -0.123. The third-order valence-corrected chi connectivity index (χ3v) is 3.23. The van der Waals surface area contributed by atoms with E-state index in [0.717, 1.165) is 14.8 Å². The molecule has 0 aliphatic heterocycles. The first kappa shape index (κ1) is 16.7. The quantitative estimate of drug-likeness (QED) is 0.806. The lowest BCUT2D eigenvalue weighted by Crippen LogP contribution is -2.37. The molecule has 0 aliphatic carbocycles. The number of hydrogen-bond donors (Lipinski definition) is 2. The lowest BCUT2D eigenvalue weighted by Gasteiger charge is -2.22. The van der Waals surface area contributed by atoms with Crippen molar-refractivity contribution in [1.82, 2.24) is 0 Å². The van der Waals surface area contributed by atoms with Crippen molar-refractivity contribution in [1.29, 1.82) is 0 Å². The third kappa shape index (κ3) is 4.44. The number of benzene rings is 1. The van der Waals surface area contributed by atoms with Gasteiger partial charge in [-0.05, 0) is 67.1 Å². The molecule has 0 bridgehead atoms. The number of nitrogens with two attached hydrogens (primary N) is 1. The molecule has 1 rings (SSSR count). The first-order valence-electron chi connectivity index (χ1n) is 5.14. The SMILES string of the molecule is Cc1cc(I)ccc1NC(=O)C(C)(C)CN.Cl. The van der Waals surface area contributed by atoms with Crippen molar-refractivity contribution in [3.8, 4) is 0 Å². The maximum atomic E-state index is 11.9. The van der Waals surface area contributed by atoms with Gasteiger partial charge >= 0.3 is 0 Å². The second-order valence-electron chi connectivity index (χ2n) is 4.50. The predicted octanol–water partition coefficient (Wildman–Crippen LogP) is 2.94. The summed E-state index contributed by atoms with van der Waals surface area (Å²) in [6.45, 7) is 5.99. The Morgan fingerprint density at radius 2 is 2.06 bits per heavy atom. The molecule has 17 heavy (non-hydrogen) atoms. The normalized spacial score (nSPS) is 10.6. The van der Waals surface area contributed by atoms with Crippen molar-refractivity contribution in [2.75, 3.05) is 11.9 Å². The van der Waals surface area contributed by atoms with E-state index >= 15 is 0 Å². The summed E-state index contributed by atoms with van der Waals surface area (Å²) in [4.78, 5) is 11.9. The van der Waals surface area contributed by atoms with Crippen LogP contribution in [0.5, 0.6) is 0 Å². The van der Waals surface area contributed by atoms with Crippen molar-refractivity contribution < 1.29 is 4.79 Å². The third-order valence-electron chi connectivity index (χ3n) is 2.56. The molecule has 0 heterocycles. The minimum atomic E-state index is -0.532. The van der Waals surface area contributed by atoms with Crippen LogP contribution in [0.3, 0.4) is 0 Å². The Morgan fingerprint density at radius 1 is 1.47 bits per heavy atom. The molecule has 0 saturated carbocycles. The Hall–Kier alpha value is -0.330. The van der Waals surface area contributed by atoms with E-state index in [1.807, 2.05) is 39.0 Å². The average molecular weight is 369 g/mol. The largest absolute Gasteiger partial charge is 0.329 e. The molecule has 5 heteroatoms. The Kier molecular flexibility index (Phi) is 6.43. The summed E-state index contributed by atoms with van der Waals surface area (Å²) in [6, 6.07) is 5.92. The van der Waals surface area contributed by atoms with Crippen LogP contribution in [-0.2, 0) is 4.79 Å². The van der Waals surface area contributed by atoms with Gasteiger partial charge in [0.25, 0.3) is 0 Å². The molecular weight excluding hydrogens is 351 g/mol. The monoisotopic (exact) mass is 368 g/mol. The van der Waals surface area contributed by atoms with E-state index in [-0.39, 0.29) is 18.3 Å². The number of rotatable bonds is 3. The van der Waals surface area contributed by atoms with Crippen LogP contribution < -0.4 is 11.1 Å². The predicted molar refractivity (Wildman–Crippen MR) is 82.6 cm³/mol. The molecule has 1 amide bonds. The van der Waals surface area contributed by atoms with E-state index in [9.17, 15) is 4.79 Å². The molecule has 0 atom stereocenters. The summed E-state index contributed by atoms with van der Waals surface area (Å²) in [5, 5.41) is 2.91. The Labute approximate surface area is 122 Å². The Bertz CT molecular complexity index is 407. The zero-order valence-corrected chi connectivity index (χ0v) is 13.2. The Morgan fingerprint density at radius 3 is 2.53 bits per heavy atom. The average Bonchev–Trinajstić information content (AvgIpc) is 2.22. The Balaban J connectivity index is 0.00000256. The van der Waals surface area contributed by atoms with E-state index in [2.05, 4.69) is 27.9 Å². The smallest absolute Gasteiger partial charge is 0.231 e. The molecule has 3 N–H and O–H groups in total. The zero-order valence-electron chi connectivity index (χ0n) is 10.2. The molecule has 0 spiro atoms. The van der Waals surface area contributed by atoms with Crippen LogP contribution in [0.2, 0.25) is 0 Å². The van der Waals surface area contributed by atoms with Crippen LogP contribution in [-0.4, -0.2) is 12.5 Å². The summed E-state index contributed by atoms with van der Waals surface area (Å²) in [5.74, 6) is -0.0423. The molecule has 0 aliphatic rings. The highest BCUT2D eigenvalue weighted by molar-refractivity contribution is 14.1. The van der Waals surface area contributed by atoms with Crippen LogP contribution in [0.4, 0.5) is 5.69 Å². The first-order valence-corrected chi connectivity index (χ1v) is 6.22. The van der Waals surface area contributed by atoms with E-state index < -0.39 is 5.41 Å². The number of amides is 1. The van der Waals surface area contributed by atoms with Crippen LogP contribution in [0, 0.1) is 15.9 Å². The molecule has 0 unspecified atom stereocenters. The maximum absolute atomic E-state index is 11.9. The number of nitrogens with one attached hydrogen (secondary N) is 1. The molecule has 0 saturated heterocycles. The van der Waals surface area contributed by atoms with Gasteiger partial charge in [0.1, 0.15) is 0 Å². The van der Waals surface area contributed by atoms with E-state index in [1.54, 1.807) is 0 Å². The van der Waals surface area contributed by atoms with Crippen molar-refractivity contribution in [2.24, 2.45) is 11.1 Å². The number of carbonyl (C=O) groups is 1. The van der Waals surface area contributed by atoms with Gasteiger partial charge in [0, 0.05) is 15.8 Å². The number of carbonyl (C=O) groups excluding carboxylic acids is 1. The van der Waals surface area contributed by atoms with Crippen molar-refractivity contribution in [3.63, 3.8) is 0 Å². The highest BCUT2D eigenvalue weighted by Gasteiger charge is 2.25. The van der Waals surface area contributed by atoms with Crippen molar-refractivity contribution >= 4 is 46.6 Å². The second-order valence-corrected chi connectivity index (χ2v) is 5.75. The number of hydrogen-bond acceptors (Lipinski definition) is 2. The standard InChI is InChI=1S/C12H17IN2O.ClH/c1-8-6-9(13)4-5-10(8)15-11(16)12(2,3)7-14;/h4-6H,7,14H2,1-3H3,(H,15,16);1H. The van der Waals surface area contributed by atoms with E-state index in [1.165, 1.54) is 0 Å². The lowest BCUT2D eigenvalue weighted by atomic mass is 9.92. The molecule has 1 aromatic carbocycles. The summed E-state index contributed by atoms with van der Waals surface area (Å²) in [7, 11) is 0. The van der Waals surface area contributed by atoms with Crippen LogP contribution in [0.25, 0.3) is 0 Å². The van der Waals surface area contributed by atoms with Crippen molar-refractivity contribution in [3.05, 3.63) is 27.3 Å². The van der Waals surface area contributed by atoms with E-state index in [4.69, 9.17) is 5.73 Å². The molecule has 0 aromatic heterocycles. The highest BCUT2D eigenvalue weighted by Crippen LogP contribution is 2.21. The maximum Gasteiger partial charge on any atom is 0.231 e.